The van der Waals surface area contributed by atoms with Crippen molar-refractivity contribution in [3.63, 3.8) is 0 Å². The van der Waals surface area contributed by atoms with E-state index in [1.165, 1.54) is 16.7 Å². The number of hydrogen-bond acceptors (Lipinski definition) is 6. The Kier molecular flexibility index (Phi) is 4.47. The van der Waals surface area contributed by atoms with Crippen molar-refractivity contribution < 1.29 is 4.79 Å². The third-order valence-corrected chi connectivity index (χ3v) is 6.28. The lowest BCUT2D eigenvalue weighted by atomic mass is 9.81. The Labute approximate surface area is 175 Å². The Hall–Kier alpha value is -3.33. The van der Waals surface area contributed by atoms with Crippen LogP contribution < -0.4 is 5.73 Å². The van der Waals surface area contributed by atoms with Crippen LogP contribution in [0.1, 0.15) is 71.0 Å². The van der Waals surface area contributed by atoms with Crippen LogP contribution in [0, 0.1) is 11.3 Å². The second kappa shape index (κ2) is 7.17. The first-order chi connectivity index (χ1) is 14.6. The Bertz CT molecular complexity index is 1260. The topological polar surface area (TPSA) is 106 Å². The first-order valence-electron chi connectivity index (χ1n) is 10.7. The average Bonchev–Trinajstić information content (AvgIpc) is 2.75. The number of nitrogens with two attached hydrogens (primary N) is 1. The number of ketones is 1. The number of Topliss-reactive ketones (excluding diaryl/α,β-unsaturated/α-hetero) is 1. The van der Waals surface area contributed by atoms with Crippen LogP contribution in [0.4, 0.5) is 5.69 Å². The number of aromatic nitrogens is 3. The summed E-state index contributed by atoms with van der Waals surface area (Å²) in [5, 5.41) is 9.23. The highest BCUT2D eigenvalue weighted by atomic mass is 16.1. The molecule has 150 valence electrons. The van der Waals surface area contributed by atoms with Gasteiger partial charge in [0.05, 0.1) is 28.1 Å². The molecule has 2 aliphatic rings. The fourth-order valence-electron chi connectivity index (χ4n) is 4.78. The number of carbonyl (C=O) groups excluding carboxylic acids is 1. The molecule has 3 heterocycles. The van der Waals surface area contributed by atoms with Gasteiger partial charge >= 0.3 is 0 Å². The van der Waals surface area contributed by atoms with E-state index < -0.39 is 0 Å². The van der Waals surface area contributed by atoms with Crippen LogP contribution in [0.2, 0.25) is 0 Å². The van der Waals surface area contributed by atoms with E-state index >= 15 is 0 Å². The van der Waals surface area contributed by atoms with Crippen LogP contribution >= 0.6 is 0 Å². The maximum absolute atomic E-state index is 12.7. The molecule has 0 radical (unpaired) electrons. The van der Waals surface area contributed by atoms with E-state index in [4.69, 9.17) is 15.7 Å². The van der Waals surface area contributed by atoms with Gasteiger partial charge in [0.25, 0.3) is 0 Å². The Morgan fingerprint density at radius 2 is 1.80 bits per heavy atom. The molecule has 6 heteroatoms. The molecule has 30 heavy (non-hydrogen) atoms. The van der Waals surface area contributed by atoms with Crippen LogP contribution in [0.15, 0.2) is 12.1 Å². The van der Waals surface area contributed by atoms with E-state index in [1.807, 2.05) is 12.1 Å². The Morgan fingerprint density at radius 1 is 1.00 bits per heavy atom. The molecule has 2 N–H and O–H groups in total. The summed E-state index contributed by atoms with van der Waals surface area (Å²) < 4.78 is 0. The fourth-order valence-corrected chi connectivity index (χ4v) is 4.78. The van der Waals surface area contributed by atoms with E-state index in [-0.39, 0.29) is 11.5 Å². The number of nitrogens with zero attached hydrogens (tertiary/aromatic N) is 4. The van der Waals surface area contributed by atoms with Gasteiger partial charge in [-0.25, -0.2) is 15.0 Å². The first kappa shape index (κ1) is 18.7. The molecular weight excluding hydrogens is 374 g/mol. The molecule has 3 aromatic rings. The predicted molar refractivity (Wildman–Crippen MR) is 115 cm³/mol. The largest absolute Gasteiger partial charge is 0.396 e. The molecular formula is C24H23N5O. The highest BCUT2D eigenvalue weighted by Crippen LogP contribution is 2.38. The summed E-state index contributed by atoms with van der Waals surface area (Å²) in [6, 6.07) is 5.74. The highest BCUT2D eigenvalue weighted by Gasteiger charge is 2.30. The van der Waals surface area contributed by atoms with Crippen LogP contribution in [0.5, 0.6) is 0 Å². The van der Waals surface area contributed by atoms with Gasteiger partial charge in [0, 0.05) is 6.42 Å². The second-order valence-electron chi connectivity index (χ2n) is 8.20. The average molecular weight is 397 g/mol. The smallest absolute Gasteiger partial charge is 0.181 e. The summed E-state index contributed by atoms with van der Waals surface area (Å²) >= 11 is 0. The zero-order valence-electron chi connectivity index (χ0n) is 17.1. The number of pyridine rings is 3. The number of aryl methyl sites for hydroxylation is 1. The van der Waals surface area contributed by atoms with Crippen LogP contribution in [-0.2, 0) is 25.7 Å². The minimum absolute atomic E-state index is 0.147. The van der Waals surface area contributed by atoms with Crippen molar-refractivity contribution in [1.82, 2.24) is 15.0 Å². The molecule has 0 unspecified atom stereocenters. The zero-order chi connectivity index (χ0) is 20.8. The van der Waals surface area contributed by atoms with Gasteiger partial charge in [-0.15, -0.1) is 0 Å². The summed E-state index contributed by atoms with van der Waals surface area (Å²) in [6.07, 6.45) is 7.38. The van der Waals surface area contributed by atoms with Gasteiger partial charge in [0.15, 0.2) is 11.5 Å². The Morgan fingerprint density at radius 3 is 2.60 bits per heavy atom. The van der Waals surface area contributed by atoms with E-state index in [2.05, 4.69) is 11.9 Å². The minimum atomic E-state index is 0.147. The van der Waals surface area contributed by atoms with Gasteiger partial charge in [0.1, 0.15) is 11.8 Å². The summed E-state index contributed by atoms with van der Waals surface area (Å²) in [5.74, 6) is 0.147. The van der Waals surface area contributed by atoms with Gasteiger partial charge in [-0.05, 0) is 72.9 Å². The number of unbranched alkanes of at least 4 members (excludes halogenated alkanes) is 1. The molecule has 0 saturated heterocycles. The molecule has 0 fully saturated rings. The number of anilines is 1. The molecule has 0 bridgehead atoms. The molecule has 6 nitrogen and oxygen atoms in total. The molecule has 0 aliphatic heterocycles. The van der Waals surface area contributed by atoms with Crippen molar-refractivity contribution in [3.8, 4) is 17.5 Å². The number of hydrogen-bond donors (Lipinski definition) is 1. The lowest BCUT2D eigenvalue weighted by molar-refractivity contribution is 0.0967. The molecule has 5 rings (SSSR count). The van der Waals surface area contributed by atoms with Crippen LogP contribution in [0.3, 0.4) is 0 Å². The summed E-state index contributed by atoms with van der Waals surface area (Å²) in [5.41, 5.74) is 15.0. The third-order valence-electron chi connectivity index (χ3n) is 6.28. The number of rotatable bonds is 3. The second-order valence-corrected chi connectivity index (χ2v) is 8.20. The lowest BCUT2D eigenvalue weighted by Gasteiger charge is -2.27. The van der Waals surface area contributed by atoms with Gasteiger partial charge < -0.3 is 5.73 Å². The maximum atomic E-state index is 12.7. The van der Waals surface area contributed by atoms with Crippen molar-refractivity contribution >= 4 is 22.5 Å². The van der Waals surface area contributed by atoms with E-state index in [0.29, 0.717) is 28.8 Å². The maximum Gasteiger partial charge on any atom is 0.181 e. The van der Waals surface area contributed by atoms with Crippen molar-refractivity contribution in [3.05, 3.63) is 45.8 Å². The minimum Gasteiger partial charge on any atom is -0.396 e. The number of fused-ring (bicyclic) bond motifs is 5. The standard InChI is InChI=1S/C24H23N5O/c1-2-3-5-14-15-6-4-7-21(30)23(15)29-24-16(14)9-8-13-10-18-19(28-22(13)24)11-17(26)20(12-25)27-18/h10-11H,2-9,26H2,1H3. The van der Waals surface area contributed by atoms with Gasteiger partial charge in [0.2, 0.25) is 0 Å². The SMILES string of the molecule is CCCCc1c2c(nc3c1CCc1cc4nc(C#N)c(N)cc4nc1-3)C(=O)CCC2. The molecule has 0 amide bonds. The highest BCUT2D eigenvalue weighted by molar-refractivity contribution is 5.98. The van der Waals surface area contributed by atoms with Crippen LogP contribution in [0.25, 0.3) is 22.4 Å². The summed E-state index contributed by atoms with van der Waals surface area (Å²) in [6.45, 7) is 2.20. The molecule has 3 aromatic heterocycles. The molecule has 0 spiro atoms. The fraction of sp³-hybridized carbons (Fsp3) is 0.375. The monoisotopic (exact) mass is 397 g/mol. The number of carbonyl (C=O) groups is 1. The Balaban J connectivity index is 1.76. The zero-order valence-corrected chi connectivity index (χ0v) is 17.1. The molecule has 0 aromatic carbocycles. The van der Waals surface area contributed by atoms with Crippen molar-refractivity contribution in [2.75, 3.05) is 5.73 Å². The summed E-state index contributed by atoms with van der Waals surface area (Å²) in [4.78, 5) is 26.8. The van der Waals surface area contributed by atoms with Crippen molar-refractivity contribution in [2.24, 2.45) is 0 Å². The van der Waals surface area contributed by atoms with Crippen LogP contribution in [-0.4, -0.2) is 20.7 Å². The van der Waals surface area contributed by atoms with Crippen molar-refractivity contribution in [2.45, 2.75) is 58.3 Å². The molecule has 0 saturated carbocycles. The quantitative estimate of drug-likeness (QED) is 0.713. The van der Waals surface area contributed by atoms with Gasteiger partial charge in [-0.2, -0.15) is 5.26 Å². The van der Waals surface area contributed by atoms with E-state index in [9.17, 15) is 10.1 Å². The first-order valence-corrected chi connectivity index (χ1v) is 10.7. The molecule has 0 atom stereocenters. The van der Waals surface area contributed by atoms with E-state index in [0.717, 1.165) is 61.9 Å². The predicted octanol–water partition coefficient (Wildman–Crippen LogP) is 4.11. The van der Waals surface area contributed by atoms with Crippen molar-refractivity contribution in [1.29, 1.82) is 5.26 Å². The molecule has 2 aliphatic carbocycles. The third kappa shape index (κ3) is 2.85. The normalized spacial score (nSPS) is 14.7. The van der Waals surface area contributed by atoms with Gasteiger partial charge in [-0.1, -0.05) is 13.3 Å². The number of nitriles is 1. The number of nitrogen functional groups attached to an aromatic ring is 1. The lowest BCUT2D eigenvalue weighted by Crippen LogP contribution is -2.21. The van der Waals surface area contributed by atoms with Gasteiger partial charge in [-0.3, -0.25) is 4.79 Å². The van der Waals surface area contributed by atoms with E-state index in [1.54, 1.807) is 6.07 Å². The summed E-state index contributed by atoms with van der Waals surface area (Å²) in [7, 11) is 0.